The Kier molecular flexibility index (Phi) is 6.93. The van der Waals surface area contributed by atoms with Gasteiger partial charge in [-0.25, -0.2) is 18.2 Å². The highest BCUT2D eigenvalue weighted by Gasteiger charge is 2.39. The topological polar surface area (TPSA) is 73.7 Å². The van der Waals surface area contributed by atoms with Gasteiger partial charge in [-0.15, -0.1) is 0 Å². The monoisotopic (exact) mass is 487 g/mol. The molecule has 2 heterocycles. The van der Waals surface area contributed by atoms with Crippen molar-refractivity contribution in [3.8, 4) is 11.4 Å². The van der Waals surface area contributed by atoms with E-state index in [4.69, 9.17) is 9.47 Å². The molecular formula is C25H24F3N3O4. The molecular weight excluding hydrogens is 463 g/mol. The number of hydrogen-bond donors (Lipinski definition) is 0. The number of halogens is 3. The molecule has 0 bridgehead atoms. The molecule has 2 atom stereocenters. The van der Waals surface area contributed by atoms with Gasteiger partial charge < -0.3 is 18.9 Å². The fraction of sp³-hybridized carbons (Fsp3) is 0.320. The van der Waals surface area contributed by atoms with E-state index in [2.05, 4.69) is 4.98 Å². The van der Waals surface area contributed by atoms with Crippen LogP contribution in [0.5, 0.6) is 5.75 Å². The Morgan fingerprint density at radius 2 is 1.94 bits per heavy atom. The summed E-state index contributed by atoms with van der Waals surface area (Å²) >= 11 is 0. The van der Waals surface area contributed by atoms with Gasteiger partial charge in [-0.1, -0.05) is 6.92 Å². The number of aryl methyl sites for hydroxylation is 1. The van der Waals surface area contributed by atoms with Crippen LogP contribution >= 0.6 is 0 Å². The molecule has 0 aliphatic carbocycles. The highest BCUT2D eigenvalue weighted by Crippen LogP contribution is 2.31. The molecule has 2 aromatic carbocycles. The zero-order valence-corrected chi connectivity index (χ0v) is 19.4. The van der Waals surface area contributed by atoms with Gasteiger partial charge in [0.1, 0.15) is 5.75 Å². The summed E-state index contributed by atoms with van der Waals surface area (Å²) in [5.74, 6) is -5.06. The van der Waals surface area contributed by atoms with E-state index < -0.39 is 41.3 Å². The number of imidazole rings is 1. The SMILES string of the molecule is CCC(c1cc(F)c(F)c(F)c1)N1CCOC(C(=O)c2ccc(-n3cnc(C)c3)c(OC)c2)C1=O. The molecule has 1 fully saturated rings. The van der Waals surface area contributed by atoms with E-state index in [0.29, 0.717) is 17.9 Å². The van der Waals surface area contributed by atoms with Gasteiger partial charge in [0.05, 0.1) is 37.5 Å². The molecule has 2 unspecified atom stereocenters. The molecule has 184 valence electrons. The van der Waals surface area contributed by atoms with Gasteiger partial charge in [-0.2, -0.15) is 0 Å². The third kappa shape index (κ3) is 4.66. The van der Waals surface area contributed by atoms with Gasteiger partial charge in [-0.3, -0.25) is 9.59 Å². The highest BCUT2D eigenvalue weighted by atomic mass is 19.2. The zero-order valence-electron chi connectivity index (χ0n) is 19.4. The van der Waals surface area contributed by atoms with Gasteiger partial charge in [0, 0.05) is 18.3 Å². The summed E-state index contributed by atoms with van der Waals surface area (Å²) in [4.78, 5) is 32.1. The number of methoxy groups -OCH3 is 1. The van der Waals surface area contributed by atoms with Gasteiger partial charge in [-0.05, 0) is 49.2 Å². The average molecular weight is 487 g/mol. The molecule has 4 rings (SSSR count). The van der Waals surface area contributed by atoms with E-state index in [0.717, 1.165) is 17.8 Å². The lowest BCUT2D eigenvalue weighted by atomic mass is 9.98. The van der Waals surface area contributed by atoms with Crippen LogP contribution in [0.1, 0.15) is 41.0 Å². The first-order valence-corrected chi connectivity index (χ1v) is 11.0. The minimum absolute atomic E-state index is 0.0499. The van der Waals surface area contributed by atoms with Crippen LogP contribution in [0.3, 0.4) is 0 Å². The number of Topliss-reactive ketones (excluding diaryl/α,β-unsaturated/α-hetero) is 1. The van der Waals surface area contributed by atoms with Crippen LogP contribution < -0.4 is 4.74 Å². The Morgan fingerprint density at radius 3 is 2.54 bits per heavy atom. The molecule has 3 aromatic rings. The first-order chi connectivity index (χ1) is 16.7. The predicted molar refractivity (Wildman–Crippen MR) is 120 cm³/mol. The number of rotatable bonds is 7. The maximum Gasteiger partial charge on any atom is 0.260 e. The summed E-state index contributed by atoms with van der Waals surface area (Å²) in [5, 5.41) is 0. The van der Waals surface area contributed by atoms with Crippen LogP contribution in [0.15, 0.2) is 42.9 Å². The summed E-state index contributed by atoms with van der Waals surface area (Å²) < 4.78 is 53.8. The van der Waals surface area contributed by atoms with Crippen LogP contribution in [0.2, 0.25) is 0 Å². The molecule has 0 saturated carbocycles. The molecule has 1 saturated heterocycles. The van der Waals surface area contributed by atoms with E-state index in [9.17, 15) is 22.8 Å². The molecule has 0 radical (unpaired) electrons. The molecule has 1 amide bonds. The third-order valence-corrected chi connectivity index (χ3v) is 5.97. The fourth-order valence-electron chi connectivity index (χ4n) is 4.25. The Morgan fingerprint density at radius 1 is 1.23 bits per heavy atom. The highest BCUT2D eigenvalue weighted by molar-refractivity contribution is 6.13. The van der Waals surface area contributed by atoms with Gasteiger partial charge in [0.2, 0.25) is 5.78 Å². The van der Waals surface area contributed by atoms with E-state index in [1.54, 1.807) is 36.1 Å². The normalized spacial score (nSPS) is 16.9. The van der Waals surface area contributed by atoms with Crippen LogP contribution in [0, 0.1) is 24.4 Å². The lowest BCUT2D eigenvalue weighted by Crippen LogP contribution is -2.52. The number of carbonyl (C=O) groups is 2. The van der Waals surface area contributed by atoms with Crippen LogP contribution in [-0.2, 0) is 9.53 Å². The van der Waals surface area contributed by atoms with E-state index in [-0.39, 0.29) is 24.3 Å². The largest absolute Gasteiger partial charge is 0.495 e. The number of nitrogens with zero attached hydrogens (tertiary/aromatic N) is 3. The first kappa shape index (κ1) is 24.5. The summed E-state index contributed by atoms with van der Waals surface area (Å²) in [7, 11) is 1.47. The molecule has 1 aromatic heterocycles. The van der Waals surface area contributed by atoms with Crippen molar-refractivity contribution < 1.29 is 32.2 Å². The van der Waals surface area contributed by atoms with Crippen molar-refractivity contribution in [1.82, 2.24) is 14.5 Å². The molecule has 10 heteroatoms. The Hall–Kier alpha value is -3.66. The molecule has 35 heavy (non-hydrogen) atoms. The van der Waals surface area contributed by atoms with Crippen molar-refractivity contribution in [1.29, 1.82) is 0 Å². The smallest absolute Gasteiger partial charge is 0.260 e. The summed E-state index contributed by atoms with van der Waals surface area (Å²) in [6, 6.07) is 5.74. The maximum absolute atomic E-state index is 13.8. The lowest BCUT2D eigenvalue weighted by Gasteiger charge is -2.37. The van der Waals surface area contributed by atoms with Crippen molar-refractivity contribution in [3.63, 3.8) is 0 Å². The number of benzene rings is 2. The van der Waals surface area contributed by atoms with Crippen LogP contribution in [0.25, 0.3) is 5.69 Å². The van der Waals surface area contributed by atoms with Gasteiger partial charge >= 0.3 is 0 Å². The van der Waals surface area contributed by atoms with Gasteiger partial charge in [0.25, 0.3) is 5.91 Å². The summed E-state index contributed by atoms with van der Waals surface area (Å²) in [6.07, 6.45) is 2.28. The Balaban J connectivity index is 1.61. The second-order valence-corrected chi connectivity index (χ2v) is 8.18. The Labute approximate surface area is 200 Å². The second kappa shape index (κ2) is 9.91. The standard InChI is InChI=1S/C25H24F3N3O4/c1-4-19(16-9-17(26)22(28)18(27)10-16)31-7-8-35-24(25(31)33)23(32)15-5-6-20(21(11-15)34-3)30-12-14(2)29-13-30/h5-6,9-13,19,24H,4,7-8H2,1-3H3. The van der Waals surface area contributed by atoms with Crippen LogP contribution in [0.4, 0.5) is 13.2 Å². The van der Waals surface area contributed by atoms with Crippen molar-refractivity contribution in [3.05, 3.63) is 77.1 Å². The van der Waals surface area contributed by atoms with Gasteiger partial charge in [0.15, 0.2) is 23.6 Å². The third-order valence-electron chi connectivity index (χ3n) is 5.97. The van der Waals surface area contributed by atoms with Crippen molar-refractivity contribution >= 4 is 11.7 Å². The number of amides is 1. The minimum Gasteiger partial charge on any atom is -0.495 e. The summed E-state index contributed by atoms with van der Waals surface area (Å²) in [5.41, 5.74) is 1.77. The molecule has 1 aliphatic rings. The number of morpholine rings is 1. The lowest BCUT2D eigenvalue weighted by molar-refractivity contribution is -0.152. The van der Waals surface area contributed by atoms with Crippen molar-refractivity contribution in [2.24, 2.45) is 0 Å². The van der Waals surface area contributed by atoms with E-state index in [1.807, 2.05) is 6.92 Å². The average Bonchev–Trinajstić information content (AvgIpc) is 3.29. The zero-order chi connectivity index (χ0) is 25.3. The van der Waals surface area contributed by atoms with Crippen LogP contribution in [-0.4, -0.2) is 52.5 Å². The molecule has 0 N–H and O–H groups in total. The molecule has 0 spiro atoms. The molecule has 7 nitrogen and oxygen atoms in total. The first-order valence-electron chi connectivity index (χ1n) is 11.0. The number of ether oxygens (including phenoxy) is 2. The van der Waals surface area contributed by atoms with Crippen molar-refractivity contribution in [2.75, 3.05) is 20.3 Å². The quantitative estimate of drug-likeness (QED) is 0.284. The molecule has 1 aliphatic heterocycles. The summed E-state index contributed by atoms with van der Waals surface area (Å²) in [6.45, 7) is 3.74. The fourth-order valence-corrected chi connectivity index (χ4v) is 4.25. The second-order valence-electron chi connectivity index (χ2n) is 8.18. The minimum atomic E-state index is -1.58. The number of aromatic nitrogens is 2. The van der Waals surface area contributed by atoms with E-state index in [1.165, 1.54) is 18.1 Å². The predicted octanol–water partition coefficient (Wildman–Crippen LogP) is 4.17. The van der Waals surface area contributed by atoms with Crippen molar-refractivity contribution in [2.45, 2.75) is 32.4 Å². The number of ketones is 1. The number of hydrogen-bond acceptors (Lipinski definition) is 5. The number of carbonyl (C=O) groups excluding carboxylic acids is 2. The van der Waals surface area contributed by atoms with E-state index >= 15 is 0 Å². The Bertz CT molecular complexity index is 1250. The maximum atomic E-state index is 13.8.